The number of halogens is 1. The first-order chi connectivity index (χ1) is 19.1. The Morgan fingerprint density at radius 2 is 1.61 bits per heavy atom. The second-order valence-corrected chi connectivity index (χ2v) is 11.0. The number of rotatable bonds is 5. The molecule has 3 aromatic rings. The van der Waals surface area contributed by atoms with Crippen molar-refractivity contribution in [2.45, 2.75) is 72.5 Å². The number of aromatic nitrogens is 2. The highest BCUT2D eigenvalue weighted by atomic mass is 19.1. The highest BCUT2D eigenvalue weighted by Crippen LogP contribution is 2.31. The maximum absolute atomic E-state index is 15.0. The summed E-state index contributed by atoms with van der Waals surface area (Å²) in [6, 6.07) is 6.45. The fraction of sp³-hybridized carbons (Fsp3) is 0.400. The Labute approximate surface area is 237 Å². The van der Waals surface area contributed by atoms with Crippen molar-refractivity contribution in [3.05, 3.63) is 53.6 Å². The van der Waals surface area contributed by atoms with Crippen LogP contribution in [0.2, 0.25) is 0 Å². The lowest BCUT2D eigenvalue weighted by molar-refractivity contribution is 0.0513. The average Bonchev–Trinajstić information content (AvgIpc) is 3.46. The number of carbonyl (C=O) groups is 4. The highest BCUT2D eigenvalue weighted by molar-refractivity contribution is 6.10. The monoisotopic (exact) mass is 568 g/mol. The number of benzene rings is 1. The van der Waals surface area contributed by atoms with Crippen molar-refractivity contribution >= 4 is 35.0 Å². The van der Waals surface area contributed by atoms with Gasteiger partial charge in [0, 0.05) is 17.6 Å². The predicted octanol–water partition coefficient (Wildman–Crippen LogP) is 6.70. The second-order valence-electron chi connectivity index (χ2n) is 11.0. The van der Waals surface area contributed by atoms with Crippen molar-refractivity contribution in [3.8, 4) is 17.7 Å². The van der Waals surface area contributed by atoms with E-state index < -0.39 is 41.1 Å². The lowest BCUT2D eigenvalue weighted by atomic mass is 10.1. The molecule has 41 heavy (non-hydrogen) atoms. The zero-order chi connectivity index (χ0) is 30.5. The van der Waals surface area contributed by atoms with E-state index in [9.17, 15) is 19.2 Å². The molecule has 1 aromatic carbocycles. The molecular formula is C30H33FN2O8. The number of hydrogen-bond acceptors (Lipinski definition) is 8. The molecule has 0 amide bonds. The maximum atomic E-state index is 15.0. The van der Waals surface area contributed by atoms with Crippen LogP contribution in [0.15, 0.2) is 36.5 Å². The minimum atomic E-state index is -1.06. The van der Waals surface area contributed by atoms with Gasteiger partial charge in [0.25, 0.3) is 5.78 Å². The first-order valence-electron chi connectivity index (χ1n) is 13.0. The lowest BCUT2D eigenvalue weighted by Gasteiger charge is -2.20. The van der Waals surface area contributed by atoms with Gasteiger partial charge in [0.05, 0.1) is 17.7 Å². The van der Waals surface area contributed by atoms with Gasteiger partial charge in [-0.25, -0.2) is 27.9 Å². The summed E-state index contributed by atoms with van der Waals surface area (Å²) in [5.41, 5.74) is -1.89. The molecule has 0 N–H and O–H groups in total. The molecule has 0 unspecified atom stereocenters. The van der Waals surface area contributed by atoms with Gasteiger partial charge in [0.15, 0.2) is 0 Å². The molecule has 0 saturated heterocycles. The van der Waals surface area contributed by atoms with Crippen molar-refractivity contribution in [1.82, 2.24) is 9.13 Å². The molecule has 3 rings (SSSR count). The van der Waals surface area contributed by atoms with Gasteiger partial charge >= 0.3 is 18.3 Å². The van der Waals surface area contributed by atoms with E-state index in [1.165, 1.54) is 30.5 Å². The SMILES string of the molecule is CCCCOC(=O)Oc1cc2c(C#CC(=O)c3cccn3C(=O)OC(C)(C)C)c(F)ccc2n1C(=O)OC(C)(C)C. The topological polar surface area (TPSA) is 115 Å². The Kier molecular flexibility index (Phi) is 9.28. The van der Waals surface area contributed by atoms with Crippen molar-refractivity contribution in [3.63, 3.8) is 0 Å². The van der Waals surface area contributed by atoms with Gasteiger partial charge in [-0.2, -0.15) is 0 Å². The van der Waals surface area contributed by atoms with Gasteiger partial charge in [-0.1, -0.05) is 19.3 Å². The molecular weight excluding hydrogens is 535 g/mol. The molecule has 2 aromatic heterocycles. The number of nitrogens with zero attached hydrogens (tertiary/aromatic N) is 2. The first-order valence-corrected chi connectivity index (χ1v) is 13.0. The van der Waals surface area contributed by atoms with Gasteiger partial charge in [-0.15, -0.1) is 0 Å². The number of hydrogen-bond donors (Lipinski definition) is 0. The quantitative estimate of drug-likeness (QED) is 0.110. The molecule has 0 aliphatic heterocycles. The van der Waals surface area contributed by atoms with Gasteiger partial charge in [-0.3, -0.25) is 4.79 Å². The largest absolute Gasteiger partial charge is 0.515 e. The van der Waals surface area contributed by atoms with Crippen LogP contribution < -0.4 is 4.74 Å². The van der Waals surface area contributed by atoms with Crippen LogP contribution in [0.1, 0.15) is 77.4 Å². The Bertz CT molecular complexity index is 1540. The number of unbranched alkanes of at least 4 members (excludes halogenated alkanes) is 1. The summed E-state index contributed by atoms with van der Waals surface area (Å²) in [6.45, 7) is 12.1. The number of ether oxygens (including phenoxy) is 4. The van der Waals surface area contributed by atoms with Crippen molar-refractivity contribution in [2.24, 2.45) is 0 Å². The van der Waals surface area contributed by atoms with Crippen LogP contribution in [0.4, 0.5) is 18.8 Å². The first kappa shape index (κ1) is 30.9. The third-order valence-electron chi connectivity index (χ3n) is 5.26. The zero-order valence-corrected chi connectivity index (χ0v) is 24.1. The normalized spacial score (nSPS) is 11.4. The van der Waals surface area contributed by atoms with Crippen molar-refractivity contribution < 1.29 is 42.5 Å². The van der Waals surface area contributed by atoms with Crippen LogP contribution in [0.3, 0.4) is 0 Å². The zero-order valence-electron chi connectivity index (χ0n) is 24.1. The van der Waals surface area contributed by atoms with E-state index in [0.29, 0.717) is 6.42 Å². The highest BCUT2D eigenvalue weighted by Gasteiger charge is 2.26. The number of Topliss-reactive ketones (excluding diaryl/α,β-unsaturated/α-hetero) is 1. The third kappa shape index (κ3) is 7.97. The summed E-state index contributed by atoms with van der Waals surface area (Å²) in [4.78, 5) is 50.8. The summed E-state index contributed by atoms with van der Waals surface area (Å²) in [7, 11) is 0. The second kappa shape index (κ2) is 12.3. The summed E-state index contributed by atoms with van der Waals surface area (Å²) in [6.07, 6.45) is 0.0314. The fourth-order valence-corrected chi connectivity index (χ4v) is 3.56. The van der Waals surface area contributed by atoms with E-state index in [4.69, 9.17) is 18.9 Å². The van der Waals surface area contributed by atoms with E-state index >= 15 is 4.39 Å². The third-order valence-corrected chi connectivity index (χ3v) is 5.26. The molecule has 0 bridgehead atoms. The molecule has 0 aliphatic rings. The summed E-state index contributed by atoms with van der Waals surface area (Å²) >= 11 is 0. The summed E-state index contributed by atoms with van der Waals surface area (Å²) in [5.74, 6) is 3.00. The number of carbonyl (C=O) groups excluding carboxylic acids is 4. The minimum Gasteiger partial charge on any atom is -0.443 e. The number of fused-ring (bicyclic) bond motifs is 1. The molecule has 0 saturated carbocycles. The minimum absolute atomic E-state index is 0.0787. The maximum Gasteiger partial charge on any atom is 0.515 e. The van der Waals surface area contributed by atoms with Crippen LogP contribution in [0, 0.1) is 17.7 Å². The van der Waals surface area contributed by atoms with Gasteiger partial charge in [0.1, 0.15) is 22.7 Å². The molecule has 0 aliphatic carbocycles. The predicted molar refractivity (Wildman–Crippen MR) is 148 cm³/mol. The molecule has 0 atom stereocenters. The standard InChI is InChI=1S/C30H33FN2O8/c1-8-9-17-38-28(37)39-25-18-20-19(21(31)13-14-22(20)33(25)27(36)41-30(5,6)7)12-15-24(34)23-11-10-16-32(23)26(35)40-29(2,3)4/h10-11,13-14,16,18H,8-9,17H2,1-7H3. The lowest BCUT2D eigenvalue weighted by Crippen LogP contribution is -2.28. The Morgan fingerprint density at radius 1 is 0.951 bits per heavy atom. The van der Waals surface area contributed by atoms with Crippen LogP contribution >= 0.6 is 0 Å². The Morgan fingerprint density at radius 3 is 2.24 bits per heavy atom. The van der Waals surface area contributed by atoms with Gasteiger partial charge in [-0.05, 0) is 78.1 Å². The fourth-order valence-electron chi connectivity index (χ4n) is 3.56. The van der Waals surface area contributed by atoms with Crippen LogP contribution in [-0.4, -0.2) is 51.1 Å². The van der Waals surface area contributed by atoms with E-state index in [2.05, 4.69) is 11.8 Å². The average molecular weight is 569 g/mol. The Balaban J connectivity index is 2.06. The van der Waals surface area contributed by atoms with E-state index in [0.717, 1.165) is 21.6 Å². The number of ketones is 1. The van der Waals surface area contributed by atoms with Gasteiger partial charge < -0.3 is 18.9 Å². The van der Waals surface area contributed by atoms with Crippen molar-refractivity contribution in [1.29, 1.82) is 0 Å². The molecule has 11 heteroatoms. The molecule has 10 nitrogen and oxygen atoms in total. The van der Waals surface area contributed by atoms with E-state index in [-0.39, 0.29) is 34.6 Å². The van der Waals surface area contributed by atoms with Crippen LogP contribution in [0.25, 0.3) is 10.9 Å². The van der Waals surface area contributed by atoms with E-state index in [1.807, 2.05) is 6.92 Å². The molecule has 0 radical (unpaired) electrons. The Hall–Kier alpha value is -4.59. The van der Waals surface area contributed by atoms with E-state index in [1.54, 1.807) is 41.5 Å². The summed E-state index contributed by atoms with van der Waals surface area (Å²) in [5, 5.41) is 0.0787. The van der Waals surface area contributed by atoms with Crippen molar-refractivity contribution in [2.75, 3.05) is 6.61 Å². The molecule has 0 fully saturated rings. The molecule has 218 valence electrons. The smallest absolute Gasteiger partial charge is 0.443 e. The van der Waals surface area contributed by atoms with Crippen LogP contribution in [0.5, 0.6) is 5.88 Å². The molecule has 2 heterocycles. The van der Waals surface area contributed by atoms with Gasteiger partial charge in [0.2, 0.25) is 5.88 Å². The van der Waals surface area contributed by atoms with Crippen LogP contribution in [-0.2, 0) is 14.2 Å². The summed E-state index contributed by atoms with van der Waals surface area (Å²) < 4.78 is 38.1. The molecule has 0 spiro atoms.